The first-order valence-corrected chi connectivity index (χ1v) is 14.3. The number of nitrogens with zero attached hydrogens (tertiary/aromatic N) is 2. The monoisotopic (exact) mass is 448 g/mol. The molecular weight excluding hydrogens is 396 g/mol. The molecule has 4 fully saturated rings. The van der Waals surface area contributed by atoms with Crippen molar-refractivity contribution in [1.82, 2.24) is 20.4 Å². The fourth-order valence-corrected chi connectivity index (χ4v) is 7.70. The molecule has 0 spiro atoms. The van der Waals surface area contributed by atoms with Crippen molar-refractivity contribution in [3.8, 4) is 0 Å². The summed E-state index contributed by atoms with van der Waals surface area (Å²) >= 11 is 0. The Kier molecular flexibility index (Phi) is 9.72. The Balaban J connectivity index is 1.65. The Labute approximate surface area is 198 Å². The van der Waals surface area contributed by atoms with E-state index in [4.69, 9.17) is 4.74 Å². The van der Waals surface area contributed by atoms with E-state index in [1.54, 1.807) is 0 Å². The van der Waals surface area contributed by atoms with Gasteiger partial charge in [-0.25, -0.2) is 0 Å². The van der Waals surface area contributed by atoms with Crippen molar-refractivity contribution in [2.24, 2.45) is 11.8 Å². The Bertz CT molecular complexity index is 532. The molecule has 5 unspecified atom stereocenters. The standard InChI is InChI=1S/C27H52N4O/c1-4-28-24-16-17-32-20-23(24)25-18-30(6-3)19-26(31(25)22-14-10-11-15-22)27(29-5-2)21-12-8-7-9-13-21/h21-29H,4-20H2,1-3H3. The SMILES string of the molecule is CCNC1CCOCC1C1CN(CC)CC(C(NCC)C2CCCCC2)N1C1CCCC1. The van der Waals surface area contributed by atoms with E-state index in [-0.39, 0.29) is 0 Å². The van der Waals surface area contributed by atoms with Crippen molar-refractivity contribution in [3.05, 3.63) is 0 Å². The molecule has 2 aliphatic heterocycles. The van der Waals surface area contributed by atoms with E-state index in [0.29, 0.717) is 30.1 Å². The summed E-state index contributed by atoms with van der Waals surface area (Å²) in [6, 6.07) is 3.28. The maximum atomic E-state index is 6.15. The van der Waals surface area contributed by atoms with Gasteiger partial charge in [-0.1, -0.05) is 52.9 Å². The Morgan fingerprint density at radius 3 is 2.31 bits per heavy atom. The van der Waals surface area contributed by atoms with Crippen LogP contribution in [0.3, 0.4) is 0 Å². The number of nitrogens with one attached hydrogen (secondary N) is 2. The van der Waals surface area contributed by atoms with Crippen molar-refractivity contribution in [1.29, 1.82) is 0 Å². The van der Waals surface area contributed by atoms with E-state index in [1.165, 1.54) is 83.8 Å². The van der Waals surface area contributed by atoms with Gasteiger partial charge in [0.2, 0.25) is 0 Å². The molecule has 5 nitrogen and oxygen atoms in total. The normalized spacial score (nSPS) is 35.3. The zero-order valence-corrected chi connectivity index (χ0v) is 21.4. The van der Waals surface area contributed by atoms with E-state index < -0.39 is 0 Å². The summed E-state index contributed by atoms with van der Waals surface area (Å²) in [7, 11) is 0. The highest BCUT2D eigenvalue weighted by atomic mass is 16.5. The fraction of sp³-hybridized carbons (Fsp3) is 1.00. The molecule has 5 heteroatoms. The van der Waals surface area contributed by atoms with Gasteiger partial charge in [0.05, 0.1) is 6.61 Å². The highest BCUT2D eigenvalue weighted by Gasteiger charge is 2.48. The number of piperazine rings is 1. The summed E-state index contributed by atoms with van der Waals surface area (Å²) in [4.78, 5) is 5.89. The van der Waals surface area contributed by atoms with Gasteiger partial charge in [-0.3, -0.25) is 4.90 Å². The molecule has 0 aromatic heterocycles. The van der Waals surface area contributed by atoms with E-state index in [0.717, 1.165) is 38.3 Å². The second-order valence-corrected chi connectivity index (χ2v) is 11.0. The lowest BCUT2D eigenvalue weighted by atomic mass is 9.77. The molecule has 0 bridgehead atoms. The van der Waals surface area contributed by atoms with Crippen LogP contribution in [0.25, 0.3) is 0 Å². The Morgan fingerprint density at radius 1 is 0.875 bits per heavy atom. The summed E-state index contributed by atoms with van der Waals surface area (Å²) < 4.78 is 6.15. The minimum atomic E-state index is 0.604. The van der Waals surface area contributed by atoms with Crippen LogP contribution < -0.4 is 10.6 Å². The number of hydrogen-bond donors (Lipinski definition) is 2. The summed E-state index contributed by atoms with van der Waals surface area (Å²) in [6.07, 6.45) is 14.0. The average Bonchev–Trinajstić information content (AvgIpc) is 3.37. The van der Waals surface area contributed by atoms with E-state index in [9.17, 15) is 0 Å². The first kappa shape index (κ1) is 24.9. The smallest absolute Gasteiger partial charge is 0.0524 e. The van der Waals surface area contributed by atoms with Crippen LogP contribution in [0, 0.1) is 11.8 Å². The van der Waals surface area contributed by atoms with Crippen LogP contribution in [0.15, 0.2) is 0 Å². The second kappa shape index (κ2) is 12.5. The third-order valence-electron chi connectivity index (χ3n) is 9.22. The Hall–Kier alpha value is -0.200. The summed E-state index contributed by atoms with van der Waals surface area (Å²) in [5.74, 6) is 1.46. The lowest BCUT2D eigenvalue weighted by Crippen LogP contribution is -2.71. The molecule has 0 aromatic carbocycles. The zero-order valence-electron chi connectivity index (χ0n) is 21.4. The van der Waals surface area contributed by atoms with Crippen molar-refractivity contribution in [3.63, 3.8) is 0 Å². The van der Waals surface area contributed by atoms with Crippen LogP contribution in [0.1, 0.15) is 85.0 Å². The summed E-state index contributed by atoms with van der Waals surface area (Å²) in [5.41, 5.74) is 0. The third kappa shape index (κ3) is 5.71. The molecule has 4 aliphatic rings. The van der Waals surface area contributed by atoms with Crippen LogP contribution in [-0.4, -0.2) is 85.9 Å². The van der Waals surface area contributed by atoms with Crippen LogP contribution in [0.2, 0.25) is 0 Å². The topological polar surface area (TPSA) is 39.8 Å². The van der Waals surface area contributed by atoms with Crippen LogP contribution >= 0.6 is 0 Å². The molecular formula is C27H52N4O. The minimum absolute atomic E-state index is 0.604. The number of rotatable bonds is 9. The molecule has 2 aliphatic carbocycles. The molecule has 0 aromatic rings. The number of hydrogen-bond acceptors (Lipinski definition) is 5. The van der Waals surface area contributed by atoms with Crippen molar-refractivity contribution < 1.29 is 4.74 Å². The van der Waals surface area contributed by atoms with Crippen LogP contribution in [0.4, 0.5) is 0 Å². The van der Waals surface area contributed by atoms with E-state index >= 15 is 0 Å². The predicted molar refractivity (Wildman–Crippen MR) is 134 cm³/mol. The first-order chi connectivity index (χ1) is 15.8. The molecule has 32 heavy (non-hydrogen) atoms. The van der Waals surface area contributed by atoms with Gasteiger partial charge in [0, 0.05) is 55.8 Å². The number of likely N-dealkylation sites (N-methyl/N-ethyl adjacent to an activating group) is 2. The second-order valence-electron chi connectivity index (χ2n) is 11.0. The Morgan fingerprint density at radius 2 is 1.62 bits per heavy atom. The molecule has 5 atom stereocenters. The fourth-order valence-electron chi connectivity index (χ4n) is 7.70. The van der Waals surface area contributed by atoms with Crippen LogP contribution in [-0.2, 0) is 4.74 Å². The highest BCUT2D eigenvalue weighted by molar-refractivity contribution is 5.04. The van der Waals surface area contributed by atoms with Crippen LogP contribution in [0.5, 0.6) is 0 Å². The molecule has 2 saturated heterocycles. The van der Waals surface area contributed by atoms with Gasteiger partial charge in [0.1, 0.15) is 0 Å². The first-order valence-electron chi connectivity index (χ1n) is 14.3. The van der Waals surface area contributed by atoms with Crippen molar-refractivity contribution in [2.45, 2.75) is 115 Å². The van der Waals surface area contributed by atoms with Gasteiger partial charge >= 0.3 is 0 Å². The zero-order chi connectivity index (χ0) is 22.3. The molecule has 4 rings (SSSR count). The molecule has 186 valence electrons. The minimum Gasteiger partial charge on any atom is -0.381 e. The maximum Gasteiger partial charge on any atom is 0.0524 e. The highest BCUT2D eigenvalue weighted by Crippen LogP contribution is 2.38. The average molecular weight is 449 g/mol. The molecule has 0 radical (unpaired) electrons. The summed E-state index contributed by atoms with van der Waals surface area (Å²) in [5, 5.41) is 7.93. The lowest BCUT2D eigenvalue weighted by Gasteiger charge is -2.56. The van der Waals surface area contributed by atoms with Crippen molar-refractivity contribution >= 4 is 0 Å². The molecule has 2 N–H and O–H groups in total. The lowest BCUT2D eigenvalue weighted by molar-refractivity contribution is -0.0872. The molecule has 2 saturated carbocycles. The van der Waals surface area contributed by atoms with Gasteiger partial charge in [0.15, 0.2) is 0 Å². The van der Waals surface area contributed by atoms with E-state index in [1.807, 2.05) is 0 Å². The summed E-state index contributed by atoms with van der Waals surface area (Å²) in [6.45, 7) is 14.6. The maximum absolute atomic E-state index is 6.15. The molecule has 2 heterocycles. The number of ether oxygens (including phenoxy) is 1. The van der Waals surface area contributed by atoms with Gasteiger partial charge in [-0.15, -0.1) is 0 Å². The van der Waals surface area contributed by atoms with E-state index in [2.05, 4.69) is 41.2 Å². The van der Waals surface area contributed by atoms with Gasteiger partial charge in [-0.2, -0.15) is 0 Å². The van der Waals surface area contributed by atoms with Gasteiger partial charge < -0.3 is 20.3 Å². The quantitative estimate of drug-likeness (QED) is 0.560. The third-order valence-corrected chi connectivity index (χ3v) is 9.22. The van der Waals surface area contributed by atoms with Crippen molar-refractivity contribution in [2.75, 3.05) is 45.9 Å². The molecule has 0 amide bonds. The largest absolute Gasteiger partial charge is 0.381 e. The van der Waals surface area contributed by atoms with Gasteiger partial charge in [0.25, 0.3) is 0 Å². The predicted octanol–water partition coefficient (Wildman–Crippen LogP) is 3.88. The van der Waals surface area contributed by atoms with Gasteiger partial charge in [-0.05, 0) is 57.7 Å².